The summed E-state index contributed by atoms with van der Waals surface area (Å²) in [5, 5.41) is 5.75. The Morgan fingerprint density at radius 3 is 2.41 bits per heavy atom. The Labute approximate surface area is 96.6 Å². The van der Waals surface area contributed by atoms with Gasteiger partial charge in [-0.2, -0.15) is 0 Å². The van der Waals surface area contributed by atoms with Crippen molar-refractivity contribution in [3.63, 3.8) is 0 Å². The Hall–Kier alpha value is -1.70. The molecule has 0 saturated heterocycles. The molecule has 0 N–H and O–H groups in total. The molecule has 0 saturated carbocycles. The van der Waals surface area contributed by atoms with Crippen LogP contribution in [0.2, 0.25) is 0 Å². The van der Waals surface area contributed by atoms with E-state index in [1.54, 1.807) is 18.2 Å². The standard InChI is InChI=1S/C9H6F3N3OS/c10-9(11,12)15-6-13-14-8(15)17(16)7-4-2-1-3-5-7/h1-6H. The Bertz CT molecular complexity index is 538. The van der Waals surface area contributed by atoms with E-state index in [9.17, 15) is 17.4 Å². The lowest BCUT2D eigenvalue weighted by Gasteiger charge is -2.09. The number of alkyl halides is 3. The van der Waals surface area contributed by atoms with Crippen molar-refractivity contribution < 1.29 is 17.4 Å². The third kappa shape index (κ3) is 2.36. The van der Waals surface area contributed by atoms with Gasteiger partial charge in [0.25, 0.3) is 0 Å². The SMILES string of the molecule is O=S(c1ccccc1)c1nncn1C(F)(F)F. The first-order valence-corrected chi connectivity index (χ1v) is 5.59. The average Bonchev–Trinajstić information content (AvgIpc) is 2.78. The van der Waals surface area contributed by atoms with Crippen molar-refractivity contribution in [3.8, 4) is 0 Å². The Balaban J connectivity index is 2.43. The van der Waals surface area contributed by atoms with Gasteiger partial charge in [0.1, 0.15) is 17.1 Å². The van der Waals surface area contributed by atoms with Crippen LogP contribution in [0.5, 0.6) is 0 Å². The van der Waals surface area contributed by atoms with Crippen molar-refractivity contribution in [2.24, 2.45) is 0 Å². The summed E-state index contributed by atoms with van der Waals surface area (Å²) in [4.78, 5) is 0.242. The summed E-state index contributed by atoms with van der Waals surface area (Å²) in [6, 6.07) is 7.77. The van der Waals surface area contributed by atoms with Crippen LogP contribution in [0.15, 0.2) is 46.7 Å². The Morgan fingerprint density at radius 2 is 1.82 bits per heavy atom. The molecule has 17 heavy (non-hydrogen) atoms. The second-order valence-electron chi connectivity index (χ2n) is 3.03. The second-order valence-corrected chi connectivity index (χ2v) is 4.41. The van der Waals surface area contributed by atoms with E-state index >= 15 is 0 Å². The van der Waals surface area contributed by atoms with Gasteiger partial charge in [0, 0.05) is 4.90 Å². The van der Waals surface area contributed by atoms with Crippen molar-refractivity contribution in [3.05, 3.63) is 36.7 Å². The maximum atomic E-state index is 12.5. The highest BCUT2D eigenvalue weighted by atomic mass is 32.2. The molecule has 0 aliphatic heterocycles. The average molecular weight is 261 g/mol. The van der Waals surface area contributed by atoms with Crippen LogP contribution in [0, 0.1) is 0 Å². The molecular weight excluding hydrogens is 255 g/mol. The zero-order chi connectivity index (χ0) is 12.5. The Kier molecular flexibility index (Phi) is 2.97. The molecule has 1 unspecified atom stereocenters. The van der Waals surface area contributed by atoms with Crippen molar-refractivity contribution in [1.29, 1.82) is 0 Å². The van der Waals surface area contributed by atoms with Gasteiger partial charge < -0.3 is 0 Å². The third-order valence-corrected chi connectivity index (χ3v) is 3.22. The van der Waals surface area contributed by atoms with Crippen LogP contribution < -0.4 is 0 Å². The molecule has 0 fully saturated rings. The molecular formula is C9H6F3N3OS. The maximum Gasteiger partial charge on any atom is 0.491 e. The van der Waals surface area contributed by atoms with E-state index in [1.807, 2.05) is 0 Å². The molecule has 1 atom stereocenters. The smallest absolute Gasteiger partial charge is 0.246 e. The van der Waals surface area contributed by atoms with Gasteiger partial charge in [-0.25, -0.2) is 8.78 Å². The van der Waals surface area contributed by atoms with E-state index in [0.29, 0.717) is 6.33 Å². The fourth-order valence-corrected chi connectivity index (χ4v) is 2.24. The van der Waals surface area contributed by atoms with E-state index in [0.717, 1.165) is 0 Å². The summed E-state index contributed by atoms with van der Waals surface area (Å²) < 4.78 is 49.2. The van der Waals surface area contributed by atoms with Crippen molar-refractivity contribution in [2.75, 3.05) is 0 Å². The monoisotopic (exact) mass is 261 g/mol. The van der Waals surface area contributed by atoms with Gasteiger partial charge in [-0.15, -0.1) is 23.4 Å². The number of hydrogen-bond acceptors (Lipinski definition) is 3. The van der Waals surface area contributed by atoms with Crippen molar-refractivity contribution in [2.45, 2.75) is 16.4 Å². The summed E-state index contributed by atoms with van der Waals surface area (Å²) in [5.74, 6) is 0. The van der Waals surface area contributed by atoms with E-state index in [2.05, 4.69) is 10.2 Å². The minimum Gasteiger partial charge on any atom is -0.246 e. The molecule has 0 amide bonds. The summed E-state index contributed by atoms with van der Waals surface area (Å²) in [5.41, 5.74) is 0. The first-order chi connectivity index (χ1) is 8.00. The first kappa shape index (κ1) is 11.8. The fraction of sp³-hybridized carbons (Fsp3) is 0.111. The summed E-state index contributed by atoms with van der Waals surface area (Å²) in [6.07, 6.45) is -4.18. The minimum absolute atomic E-state index is 0.157. The minimum atomic E-state index is -4.68. The molecule has 4 nitrogen and oxygen atoms in total. The zero-order valence-electron chi connectivity index (χ0n) is 8.26. The Morgan fingerprint density at radius 1 is 1.18 bits per heavy atom. The molecule has 8 heteroatoms. The molecule has 0 radical (unpaired) electrons. The quantitative estimate of drug-likeness (QED) is 0.829. The number of hydrogen-bond donors (Lipinski definition) is 0. The normalized spacial score (nSPS) is 13.6. The van der Waals surface area contributed by atoms with Gasteiger partial charge >= 0.3 is 6.30 Å². The number of aromatic nitrogens is 3. The molecule has 1 aromatic heterocycles. The summed E-state index contributed by atoms with van der Waals surface area (Å²) in [6.45, 7) is 0. The molecule has 90 valence electrons. The van der Waals surface area contributed by atoms with Gasteiger partial charge in [-0.1, -0.05) is 18.2 Å². The molecule has 0 aliphatic rings. The predicted octanol–water partition coefficient (Wildman–Crippen LogP) is 1.92. The molecule has 2 aromatic rings. The maximum absolute atomic E-state index is 12.5. The lowest BCUT2D eigenvalue weighted by molar-refractivity contribution is -0.209. The van der Waals surface area contributed by atoms with Gasteiger partial charge in [-0.3, -0.25) is 0 Å². The van der Waals surface area contributed by atoms with Crippen LogP contribution in [0.4, 0.5) is 13.2 Å². The summed E-state index contributed by atoms with van der Waals surface area (Å²) in [7, 11) is -2.00. The van der Waals surface area contributed by atoms with Gasteiger partial charge in [0.05, 0.1) is 0 Å². The highest BCUT2D eigenvalue weighted by molar-refractivity contribution is 7.85. The second kappa shape index (κ2) is 4.28. The van der Waals surface area contributed by atoms with Crippen LogP contribution >= 0.6 is 0 Å². The topological polar surface area (TPSA) is 47.8 Å². The molecule has 1 heterocycles. The molecule has 0 bridgehead atoms. The van der Waals surface area contributed by atoms with Crippen LogP contribution in [0.3, 0.4) is 0 Å². The van der Waals surface area contributed by atoms with E-state index < -0.39 is 22.3 Å². The largest absolute Gasteiger partial charge is 0.491 e. The highest BCUT2D eigenvalue weighted by Crippen LogP contribution is 2.25. The van der Waals surface area contributed by atoms with Crippen molar-refractivity contribution >= 4 is 10.8 Å². The van der Waals surface area contributed by atoms with E-state index in [-0.39, 0.29) is 9.46 Å². The van der Waals surface area contributed by atoms with Crippen molar-refractivity contribution in [1.82, 2.24) is 14.8 Å². The summed E-state index contributed by atoms with van der Waals surface area (Å²) >= 11 is 0. The molecule has 1 aromatic carbocycles. The number of benzene rings is 1. The van der Waals surface area contributed by atoms with E-state index in [1.165, 1.54) is 12.1 Å². The lowest BCUT2D eigenvalue weighted by Crippen LogP contribution is -2.19. The van der Waals surface area contributed by atoms with Gasteiger partial charge in [-0.05, 0) is 12.1 Å². The van der Waals surface area contributed by atoms with Crippen LogP contribution in [-0.2, 0) is 17.1 Å². The third-order valence-electron chi connectivity index (χ3n) is 1.91. The van der Waals surface area contributed by atoms with Crippen LogP contribution in [-0.4, -0.2) is 19.0 Å². The number of rotatable bonds is 2. The van der Waals surface area contributed by atoms with Crippen LogP contribution in [0.1, 0.15) is 0 Å². The molecule has 0 aliphatic carbocycles. The molecule has 2 rings (SSSR count). The number of nitrogens with zero attached hydrogens (tertiary/aromatic N) is 3. The highest BCUT2D eigenvalue weighted by Gasteiger charge is 2.35. The first-order valence-electron chi connectivity index (χ1n) is 4.44. The van der Waals surface area contributed by atoms with E-state index in [4.69, 9.17) is 0 Å². The zero-order valence-corrected chi connectivity index (χ0v) is 9.07. The number of halogens is 3. The molecule has 0 spiro atoms. The fourth-order valence-electron chi connectivity index (χ4n) is 1.17. The van der Waals surface area contributed by atoms with Gasteiger partial charge in [0.15, 0.2) is 0 Å². The van der Waals surface area contributed by atoms with Gasteiger partial charge in [0.2, 0.25) is 5.16 Å². The lowest BCUT2D eigenvalue weighted by atomic mass is 10.4. The predicted molar refractivity (Wildman–Crippen MR) is 52.4 cm³/mol. The van der Waals surface area contributed by atoms with Crippen LogP contribution in [0.25, 0.3) is 0 Å².